The molecule has 0 spiro atoms. The highest BCUT2D eigenvalue weighted by Crippen LogP contribution is 2.38. The molecule has 12 heteroatoms. The first-order chi connectivity index (χ1) is 17.6. The number of rotatable bonds is 9. The van der Waals surface area contributed by atoms with Gasteiger partial charge in [-0.3, -0.25) is 9.20 Å². The number of carbonyl (C=O) groups excluding carboxylic acids is 1. The quantitative estimate of drug-likeness (QED) is 0.214. The van der Waals surface area contributed by atoms with E-state index in [1.165, 1.54) is 31.4 Å². The smallest absolute Gasteiger partial charge is 0.340 e. The van der Waals surface area contributed by atoms with Crippen LogP contribution in [-0.2, 0) is 19.6 Å². The number of anilines is 1. The van der Waals surface area contributed by atoms with E-state index >= 15 is 0 Å². The molecule has 9 nitrogen and oxygen atoms in total. The number of nitrogens with zero attached hydrogens (tertiary/aromatic N) is 2. The van der Waals surface area contributed by atoms with Crippen LogP contribution in [0.4, 0.5) is 5.82 Å². The van der Waals surface area contributed by atoms with Crippen LogP contribution in [0, 0.1) is 6.92 Å². The minimum atomic E-state index is -4.31. The average Bonchev–Trinajstić information content (AvgIpc) is 3.21. The zero-order chi connectivity index (χ0) is 26.7. The van der Waals surface area contributed by atoms with Crippen LogP contribution in [0.3, 0.4) is 0 Å². The number of fused-ring (bicyclic) bond motifs is 1. The molecule has 0 aliphatic rings. The van der Waals surface area contributed by atoms with E-state index < -0.39 is 16.1 Å². The van der Waals surface area contributed by atoms with E-state index in [2.05, 4.69) is 5.32 Å². The lowest BCUT2D eigenvalue weighted by Crippen LogP contribution is -2.17. The van der Waals surface area contributed by atoms with Crippen LogP contribution in [0.2, 0.25) is 10.0 Å². The van der Waals surface area contributed by atoms with Crippen LogP contribution in [0.25, 0.3) is 16.9 Å². The van der Waals surface area contributed by atoms with Crippen molar-refractivity contribution in [3.8, 4) is 22.8 Å². The molecule has 0 fully saturated rings. The molecule has 0 unspecified atom stereocenters. The van der Waals surface area contributed by atoms with Crippen molar-refractivity contribution in [1.29, 1.82) is 0 Å². The molecule has 4 rings (SSSR count). The largest absolute Gasteiger partial charge is 0.493 e. The molecule has 4 aromatic rings. The second kappa shape index (κ2) is 10.9. The molecule has 1 N–H and O–H groups in total. The number of methoxy groups -OCH3 is 1. The zero-order valence-electron chi connectivity index (χ0n) is 20.1. The Bertz CT molecular complexity index is 1590. The third-order valence-corrected chi connectivity index (χ3v) is 7.24. The number of benzene rings is 2. The number of halogens is 2. The first kappa shape index (κ1) is 26.6. The fourth-order valence-corrected chi connectivity index (χ4v) is 5.28. The van der Waals surface area contributed by atoms with E-state index in [0.29, 0.717) is 22.7 Å². The summed E-state index contributed by atoms with van der Waals surface area (Å²) in [5.41, 5.74) is 2.77. The first-order valence-corrected chi connectivity index (χ1v) is 13.3. The normalized spacial score (nSPS) is 11.4. The number of esters is 1. The maximum Gasteiger partial charge on any atom is 0.340 e. The number of nitrogens with one attached hydrogen (secondary N) is 1. The maximum atomic E-state index is 12.9. The van der Waals surface area contributed by atoms with Gasteiger partial charge in [0.25, 0.3) is 0 Å². The Kier molecular flexibility index (Phi) is 7.82. The van der Waals surface area contributed by atoms with Gasteiger partial charge in [0.15, 0.2) is 11.5 Å². The SMILES string of the molecule is CCOC(=O)CNc1c(-c2ccc(OS(=O)(=O)c3cc(Cl)ccc3Cl)c(OC)c2)nc2cc(C)ccn12. The fourth-order valence-electron chi connectivity index (χ4n) is 3.60. The molecule has 2 aromatic carbocycles. The molecule has 37 heavy (non-hydrogen) atoms. The van der Waals surface area contributed by atoms with Gasteiger partial charge in [0.1, 0.15) is 28.6 Å². The third kappa shape index (κ3) is 5.76. The van der Waals surface area contributed by atoms with Gasteiger partial charge in [-0.05, 0) is 67.9 Å². The summed E-state index contributed by atoms with van der Waals surface area (Å²) in [6, 6.07) is 12.5. The van der Waals surface area contributed by atoms with Gasteiger partial charge in [0.05, 0.1) is 18.7 Å². The molecule has 0 radical (unpaired) electrons. The number of hydrogen-bond donors (Lipinski definition) is 1. The maximum absolute atomic E-state index is 12.9. The molecule has 2 heterocycles. The standard InChI is InChI=1S/C25H23Cl2N3O6S/c1-4-35-23(31)14-28-25-24(29-22-11-15(2)9-10-30(22)25)16-5-8-19(20(12-16)34-3)36-37(32,33)21-13-17(26)6-7-18(21)27/h5-13,28H,4,14H2,1-3H3. The molecule has 2 aromatic heterocycles. The van der Waals surface area contributed by atoms with Gasteiger partial charge in [-0.15, -0.1) is 0 Å². The predicted octanol–water partition coefficient (Wildman–Crippen LogP) is 5.37. The van der Waals surface area contributed by atoms with Gasteiger partial charge in [-0.25, -0.2) is 4.98 Å². The van der Waals surface area contributed by atoms with Crippen molar-refractivity contribution in [3.63, 3.8) is 0 Å². The summed E-state index contributed by atoms with van der Waals surface area (Å²) >= 11 is 12.0. The summed E-state index contributed by atoms with van der Waals surface area (Å²) in [4.78, 5) is 16.4. The summed E-state index contributed by atoms with van der Waals surface area (Å²) in [5, 5.41) is 3.26. The molecular weight excluding hydrogens is 541 g/mol. The highest BCUT2D eigenvalue weighted by atomic mass is 35.5. The summed E-state index contributed by atoms with van der Waals surface area (Å²) in [6.07, 6.45) is 1.84. The van der Waals surface area contributed by atoms with Crippen LogP contribution in [0.15, 0.2) is 59.6 Å². The summed E-state index contributed by atoms with van der Waals surface area (Å²) in [5.74, 6) is 0.227. The van der Waals surface area contributed by atoms with Gasteiger partial charge < -0.3 is 19.0 Å². The summed E-state index contributed by atoms with van der Waals surface area (Å²) in [6.45, 7) is 3.87. The van der Waals surface area contributed by atoms with Gasteiger partial charge >= 0.3 is 16.1 Å². The second-order valence-electron chi connectivity index (χ2n) is 7.88. The van der Waals surface area contributed by atoms with Crippen LogP contribution in [-0.4, -0.2) is 44.0 Å². The highest BCUT2D eigenvalue weighted by molar-refractivity contribution is 7.87. The van der Waals surface area contributed by atoms with Gasteiger partial charge in [-0.2, -0.15) is 8.42 Å². The number of pyridine rings is 1. The molecule has 0 aliphatic carbocycles. The van der Waals surface area contributed by atoms with Crippen LogP contribution in [0.1, 0.15) is 12.5 Å². The summed E-state index contributed by atoms with van der Waals surface area (Å²) < 4.78 is 43.4. The average molecular weight is 564 g/mol. The first-order valence-electron chi connectivity index (χ1n) is 11.1. The molecular formula is C25H23Cl2N3O6S. The number of imidazole rings is 1. The lowest BCUT2D eigenvalue weighted by molar-refractivity contribution is -0.140. The van der Waals surface area contributed by atoms with Crippen molar-refractivity contribution in [2.75, 3.05) is 25.6 Å². The van der Waals surface area contributed by atoms with E-state index in [9.17, 15) is 13.2 Å². The lowest BCUT2D eigenvalue weighted by atomic mass is 10.1. The van der Waals surface area contributed by atoms with Crippen LogP contribution in [0.5, 0.6) is 11.5 Å². The number of hydrogen-bond acceptors (Lipinski definition) is 8. The lowest BCUT2D eigenvalue weighted by Gasteiger charge is -2.13. The Morgan fingerprint density at radius 2 is 1.86 bits per heavy atom. The minimum absolute atomic E-state index is 0.0303. The zero-order valence-corrected chi connectivity index (χ0v) is 22.4. The Balaban J connectivity index is 1.74. The topological polar surface area (TPSA) is 108 Å². The van der Waals surface area contributed by atoms with Gasteiger partial charge in [0, 0.05) is 16.8 Å². The monoisotopic (exact) mass is 563 g/mol. The van der Waals surface area contributed by atoms with Crippen molar-refractivity contribution >= 4 is 50.8 Å². The van der Waals surface area contributed by atoms with Gasteiger partial charge in [0.2, 0.25) is 0 Å². The number of ether oxygens (including phenoxy) is 2. The van der Waals surface area contributed by atoms with E-state index in [-0.39, 0.29) is 39.6 Å². The Labute approximate surface area is 224 Å². The van der Waals surface area contributed by atoms with E-state index in [4.69, 9.17) is 41.8 Å². The Hall–Kier alpha value is -3.47. The third-order valence-electron chi connectivity index (χ3n) is 5.29. The van der Waals surface area contributed by atoms with Gasteiger partial charge in [-0.1, -0.05) is 23.2 Å². The highest BCUT2D eigenvalue weighted by Gasteiger charge is 2.24. The van der Waals surface area contributed by atoms with Crippen LogP contribution < -0.4 is 14.2 Å². The summed E-state index contributed by atoms with van der Waals surface area (Å²) in [7, 11) is -2.93. The van der Waals surface area contributed by atoms with Crippen molar-refractivity contribution in [2.24, 2.45) is 0 Å². The molecule has 0 aliphatic heterocycles. The Morgan fingerprint density at radius 1 is 1.08 bits per heavy atom. The predicted molar refractivity (Wildman–Crippen MR) is 141 cm³/mol. The Morgan fingerprint density at radius 3 is 2.59 bits per heavy atom. The minimum Gasteiger partial charge on any atom is -0.493 e. The number of carbonyl (C=O) groups is 1. The van der Waals surface area contributed by atoms with E-state index in [1.54, 1.807) is 19.1 Å². The molecule has 0 saturated heterocycles. The van der Waals surface area contributed by atoms with E-state index in [0.717, 1.165) is 5.56 Å². The second-order valence-corrected chi connectivity index (χ2v) is 10.2. The van der Waals surface area contributed by atoms with Crippen molar-refractivity contribution < 1.29 is 26.9 Å². The number of aryl methyl sites for hydroxylation is 1. The molecule has 0 amide bonds. The van der Waals surface area contributed by atoms with Crippen LogP contribution >= 0.6 is 23.2 Å². The fraction of sp³-hybridized carbons (Fsp3) is 0.200. The molecule has 0 saturated carbocycles. The molecule has 0 atom stereocenters. The van der Waals surface area contributed by atoms with Crippen molar-refractivity contribution in [2.45, 2.75) is 18.7 Å². The van der Waals surface area contributed by atoms with Crippen molar-refractivity contribution in [1.82, 2.24) is 9.38 Å². The number of aromatic nitrogens is 2. The molecule has 0 bridgehead atoms. The van der Waals surface area contributed by atoms with Crippen molar-refractivity contribution in [3.05, 3.63) is 70.3 Å². The van der Waals surface area contributed by atoms with E-state index in [1.807, 2.05) is 29.7 Å². The molecule has 194 valence electrons.